The van der Waals surface area contributed by atoms with Gasteiger partial charge in [0.1, 0.15) is 19.5 Å². The summed E-state index contributed by atoms with van der Waals surface area (Å²) >= 11 is 1.52. The molecular formula is C12H16ClN3O3S. The highest BCUT2D eigenvalue weighted by Gasteiger charge is 2.21. The van der Waals surface area contributed by atoms with Crippen LogP contribution in [0.15, 0.2) is 12.0 Å². The molecule has 3 heterocycles. The molecular weight excluding hydrogens is 302 g/mol. The van der Waals surface area contributed by atoms with Gasteiger partial charge in [-0.05, 0) is 7.05 Å². The fourth-order valence-electron chi connectivity index (χ4n) is 2.02. The molecule has 3 rings (SSSR count). The molecule has 0 saturated heterocycles. The fourth-order valence-corrected chi connectivity index (χ4v) is 3.11. The summed E-state index contributed by atoms with van der Waals surface area (Å²) in [7, 11) is 2.08. The van der Waals surface area contributed by atoms with E-state index in [0.717, 1.165) is 25.2 Å². The Bertz CT molecular complexity index is 532. The molecule has 1 aromatic heterocycles. The third kappa shape index (κ3) is 3.23. The third-order valence-corrected chi connectivity index (χ3v) is 4.01. The standard InChI is InChI=1S/C12H15N3O3S.ClH/c1-15-3-2-8-10(6-15)19-12(13-8)14-11(16)9-7-17-4-5-18-9;/h7H,2-6H2,1H3,(H,13,14,16);1H. The predicted octanol–water partition coefficient (Wildman–Crippen LogP) is 1.38. The smallest absolute Gasteiger partial charge is 0.295 e. The summed E-state index contributed by atoms with van der Waals surface area (Å²) in [4.78, 5) is 19.8. The maximum Gasteiger partial charge on any atom is 0.295 e. The van der Waals surface area contributed by atoms with Crippen molar-refractivity contribution in [1.82, 2.24) is 9.88 Å². The SMILES string of the molecule is CN1CCc2nc(NC(=O)C3=COCCO3)sc2C1.Cl. The predicted molar refractivity (Wildman–Crippen MR) is 78.0 cm³/mol. The van der Waals surface area contributed by atoms with Crippen molar-refractivity contribution in [3.8, 4) is 0 Å². The summed E-state index contributed by atoms with van der Waals surface area (Å²) in [5.74, 6) is -0.101. The molecule has 0 atom stereocenters. The summed E-state index contributed by atoms with van der Waals surface area (Å²) in [5, 5.41) is 3.39. The van der Waals surface area contributed by atoms with Crippen molar-refractivity contribution >= 4 is 34.8 Å². The highest BCUT2D eigenvalue weighted by molar-refractivity contribution is 7.15. The second-order valence-electron chi connectivity index (χ2n) is 4.53. The lowest BCUT2D eigenvalue weighted by Gasteiger charge is -2.20. The number of nitrogens with zero attached hydrogens (tertiary/aromatic N) is 2. The van der Waals surface area contributed by atoms with Crippen LogP contribution in [0, 0.1) is 0 Å². The number of halogens is 1. The second kappa shape index (κ2) is 6.43. The van der Waals surface area contributed by atoms with Crippen LogP contribution in [-0.4, -0.2) is 42.6 Å². The number of amides is 1. The van der Waals surface area contributed by atoms with Gasteiger partial charge in [0, 0.05) is 24.4 Å². The number of aromatic nitrogens is 1. The van der Waals surface area contributed by atoms with Crippen LogP contribution in [0.4, 0.5) is 5.13 Å². The zero-order valence-electron chi connectivity index (χ0n) is 11.0. The van der Waals surface area contributed by atoms with Crippen LogP contribution in [0.5, 0.6) is 0 Å². The molecule has 0 aromatic carbocycles. The van der Waals surface area contributed by atoms with Crippen molar-refractivity contribution in [2.75, 3.05) is 32.1 Å². The Morgan fingerprint density at radius 3 is 3.10 bits per heavy atom. The van der Waals surface area contributed by atoms with Gasteiger partial charge in [0.2, 0.25) is 5.76 Å². The monoisotopic (exact) mass is 317 g/mol. The maximum absolute atomic E-state index is 11.9. The van der Waals surface area contributed by atoms with Crippen LogP contribution in [-0.2, 0) is 27.2 Å². The second-order valence-corrected chi connectivity index (χ2v) is 5.62. The zero-order chi connectivity index (χ0) is 13.2. The molecule has 110 valence electrons. The Kier molecular flexibility index (Phi) is 4.85. The van der Waals surface area contributed by atoms with Crippen LogP contribution < -0.4 is 5.32 Å². The molecule has 0 radical (unpaired) electrons. The molecule has 0 fully saturated rings. The molecule has 0 unspecified atom stereocenters. The Balaban J connectivity index is 0.00000147. The van der Waals surface area contributed by atoms with Gasteiger partial charge >= 0.3 is 0 Å². The van der Waals surface area contributed by atoms with E-state index in [-0.39, 0.29) is 24.1 Å². The average molecular weight is 318 g/mol. The Labute approximate surface area is 127 Å². The lowest BCUT2D eigenvalue weighted by molar-refractivity contribution is -0.117. The molecule has 2 aliphatic rings. The zero-order valence-corrected chi connectivity index (χ0v) is 12.7. The van der Waals surface area contributed by atoms with Crippen LogP contribution in [0.25, 0.3) is 0 Å². The van der Waals surface area contributed by atoms with Crippen LogP contribution in [0.3, 0.4) is 0 Å². The molecule has 6 nitrogen and oxygen atoms in total. The minimum absolute atomic E-state index is 0. The van der Waals surface area contributed by atoms with Gasteiger partial charge in [-0.1, -0.05) is 0 Å². The van der Waals surface area contributed by atoms with E-state index in [9.17, 15) is 4.79 Å². The van der Waals surface area contributed by atoms with E-state index in [4.69, 9.17) is 9.47 Å². The molecule has 0 bridgehead atoms. The number of fused-ring (bicyclic) bond motifs is 1. The van der Waals surface area contributed by atoms with Gasteiger partial charge in [-0.25, -0.2) is 4.98 Å². The number of thiazole rings is 1. The van der Waals surface area contributed by atoms with Gasteiger partial charge in [0.05, 0.1) is 5.69 Å². The van der Waals surface area contributed by atoms with E-state index in [1.54, 1.807) is 0 Å². The van der Waals surface area contributed by atoms with Crippen LogP contribution >= 0.6 is 23.7 Å². The number of anilines is 1. The highest BCUT2D eigenvalue weighted by Crippen LogP contribution is 2.28. The van der Waals surface area contributed by atoms with Gasteiger partial charge in [-0.3, -0.25) is 10.1 Å². The summed E-state index contributed by atoms with van der Waals surface area (Å²) in [6.07, 6.45) is 2.28. The number of hydrogen-bond acceptors (Lipinski definition) is 6. The van der Waals surface area contributed by atoms with Crippen molar-refractivity contribution in [2.24, 2.45) is 0 Å². The number of hydrogen-bond donors (Lipinski definition) is 1. The van der Waals surface area contributed by atoms with Gasteiger partial charge in [-0.15, -0.1) is 23.7 Å². The summed E-state index contributed by atoms with van der Waals surface area (Å²) < 4.78 is 10.3. The van der Waals surface area contributed by atoms with E-state index < -0.39 is 0 Å². The van der Waals surface area contributed by atoms with E-state index in [2.05, 4.69) is 22.2 Å². The molecule has 2 aliphatic heterocycles. The van der Waals surface area contributed by atoms with Crippen molar-refractivity contribution in [1.29, 1.82) is 0 Å². The van der Waals surface area contributed by atoms with Gasteiger partial charge in [0.25, 0.3) is 5.91 Å². The van der Waals surface area contributed by atoms with Crippen molar-refractivity contribution in [3.05, 3.63) is 22.6 Å². The topological polar surface area (TPSA) is 63.7 Å². The molecule has 0 saturated carbocycles. The molecule has 1 N–H and O–H groups in total. The quantitative estimate of drug-likeness (QED) is 0.893. The largest absolute Gasteiger partial charge is 0.494 e. The number of likely N-dealkylation sites (N-methyl/N-ethyl adjacent to an activating group) is 1. The number of nitrogens with one attached hydrogen (secondary N) is 1. The summed E-state index contributed by atoms with van der Waals surface area (Å²) in [6, 6.07) is 0. The van der Waals surface area contributed by atoms with Crippen molar-refractivity contribution in [3.63, 3.8) is 0 Å². The molecule has 1 amide bonds. The van der Waals surface area contributed by atoms with Gasteiger partial charge < -0.3 is 14.4 Å². The molecule has 0 aliphatic carbocycles. The number of ether oxygens (including phenoxy) is 2. The first-order chi connectivity index (χ1) is 9.22. The summed E-state index contributed by atoms with van der Waals surface area (Å²) in [6.45, 7) is 2.78. The lowest BCUT2D eigenvalue weighted by atomic mass is 10.2. The lowest BCUT2D eigenvalue weighted by Crippen LogP contribution is -2.25. The Morgan fingerprint density at radius 2 is 2.35 bits per heavy atom. The number of rotatable bonds is 2. The molecule has 0 spiro atoms. The van der Waals surface area contributed by atoms with Crippen molar-refractivity contribution in [2.45, 2.75) is 13.0 Å². The molecule has 8 heteroatoms. The third-order valence-electron chi connectivity index (χ3n) is 3.02. The van der Waals surface area contributed by atoms with E-state index in [0.29, 0.717) is 18.3 Å². The minimum atomic E-state index is -0.306. The maximum atomic E-state index is 11.9. The van der Waals surface area contributed by atoms with Gasteiger partial charge in [-0.2, -0.15) is 0 Å². The van der Waals surface area contributed by atoms with Crippen LogP contribution in [0.1, 0.15) is 10.6 Å². The molecule has 20 heavy (non-hydrogen) atoms. The molecule has 1 aromatic rings. The van der Waals surface area contributed by atoms with Crippen molar-refractivity contribution < 1.29 is 14.3 Å². The van der Waals surface area contributed by atoms with Gasteiger partial charge in [0.15, 0.2) is 5.13 Å². The first kappa shape index (κ1) is 15.1. The Morgan fingerprint density at radius 1 is 1.50 bits per heavy atom. The van der Waals surface area contributed by atoms with E-state index in [1.165, 1.54) is 22.5 Å². The highest BCUT2D eigenvalue weighted by atomic mass is 35.5. The normalized spacial score (nSPS) is 17.9. The number of carbonyl (C=O) groups excluding carboxylic acids is 1. The minimum Gasteiger partial charge on any atom is -0.494 e. The fraction of sp³-hybridized carbons (Fsp3) is 0.500. The van der Waals surface area contributed by atoms with Crippen LogP contribution in [0.2, 0.25) is 0 Å². The summed E-state index contributed by atoms with van der Waals surface area (Å²) in [5.41, 5.74) is 1.09. The van der Waals surface area contributed by atoms with E-state index >= 15 is 0 Å². The first-order valence-electron chi connectivity index (χ1n) is 6.15. The Hall–Kier alpha value is -1.31. The average Bonchev–Trinajstić information content (AvgIpc) is 2.81. The first-order valence-corrected chi connectivity index (χ1v) is 6.97. The number of carbonyl (C=O) groups is 1. The van der Waals surface area contributed by atoms with E-state index in [1.807, 2.05) is 0 Å².